The quantitative estimate of drug-likeness (QED) is 0.0768. The second kappa shape index (κ2) is 21.6. The van der Waals surface area contributed by atoms with Crippen LogP contribution < -0.4 is 4.74 Å². The Balaban J connectivity index is 0.000000228. The number of methoxy groups -OCH3 is 1. The van der Waals surface area contributed by atoms with Crippen LogP contribution >= 0.6 is 0 Å². The van der Waals surface area contributed by atoms with E-state index in [9.17, 15) is 41.1 Å². The Bertz CT molecular complexity index is 2230. The van der Waals surface area contributed by atoms with Crippen molar-refractivity contribution in [2.45, 2.75) is 44.9 Å². The van der Waals surface area contributed by atoms with E-state index in [4.69, 9.17) is 14.6 Å². The summed E-state index contributed by atoms with van der Waals surface area (Å²) in [6, 6.07) is 13.2. The van der Waals surface area contributed by atoms with Gasteiger partial charge in [-0.25, -0.2) is 9.18 Å². The normalized spacial score (nSPS) is 14.9. The number of aromatic carboxylic acids is 1. The number of rotatable bonds is 7. The van der Waals surface area contributed by atoms with Gasteiger partial charge >= 0.3 is 5.97 Å². The molecular weight excluding hydrogens is 795 g/mol. The van der Waals surface area contributed by atoms with Gasteiger partial charge in [0.1, 0.15) is 22.6 Å². The number of piperidine rings is 1. The summed E-state index contributed by atoms with van der Waals surface area (Å²) >= 11 is 0. The third kappa shape index (κ3) is 12.4. The van der Waals surface area contributed by atoms with Crippen molar-refractivity contribution in [2.75, 3.05) is 46.5 Å². The molecule has 0 saturated carbocycles. The Labute approximate surface area is 341 Å². The molecule has 0 aliphatic carbocycles. The summed E-state index contributed by atoms with van der Waals surface area (Å²) in [4.78, 5) is 65.5. The van der Waals surface area contributed by atoms with Gasteiger partial charge in [-0.1, -0.05) is 18.2 Å². The fraction of sp³-hybridized carbons (Fsp3) is 0.357. The zero-order chi connectivity index (χ0) is 43.2. The van der Waals surface area contributed by atoms with E-state index in [0.717, 1.165) is 75.1 Å². The van der Waals surface area contributed by atoms with Gasteiger partial charge in [-0.3, -0.25) is 14.4 Å². The van der Waals surface area contributed by atoms with Gasteiger partial charge in [0.05, 0.1) is 12.7 Å². The lowest BCUT2D eigenvalue weighted by Gasteiger charge is -2.32. The van der Waals surface area contributed by atoms with Gasteiger partial charge in [0.25, 0.3) is 17.6 Å². The van der Waals surface area contributed by atoms with Crippen molar-refractivity contribution in [1.82, 2.24) is 29.7 Å². The Hall–Kier alpha value is -6.30. The first kappa shape index (κ1) is 44.8. The highest BCUT2D eigenvalue weighted by molar-refractivity contribution is 6.44. The topological polar surface area (TPSA) is 168 Å². The number of ether oxygens (including phenoxy) is 2. The van der Waals surface area contributed by atoms with Gasteiger partial charge in [0.15, 0.2) is 0 Å². The van der Waals surface area contributed by atoms with Crippen molar-refractivity contribution >= 4 is 34.6 Å². The fourth-order valence-electron chi connectivity index (χ4n) is 6.64. The zero-order valence-corrected chi connectivity index (χ0v) is 32.6. The lowest BCUT2D eigenvalue weighted by atomic mass is 9.90. The molecule has 0 radical (unpaired) electrons. The van der Waals surface area contributed by atoms with E-state index in [1.54, 1.807) is 15.9 Å². The third-order valence-electron chi connectivity index (χ3n) is 9.78. The number of ketones is 1. The number of aromatic amines is 1. The minimum Gasteiger partial charge on any atom is -0.480 e. The number of carbonyl (C=O) groups excluding carboxylic acids is 3. The Morgan fingerprint density at radius 3 is 1.93 bits per heavy atom. The van der Waals surface area contributed by atoms with Gasteiger partial charge in [-0.05, 0) is 98.9 Å². The molecule has 3 fully saturated rings. The number of carbonyl (C=O) groups is 4. The average molecular weight is 839 g/mol. The summed E-state index contributed by atoms with van der Waals surface area (Å²) in [5.74, 6) is -6.39. The summed E-state index contributed by atoms with van der Waals surface area (Å²) in [7, 11) is 1.45. The largest absolute Gasteiger partial charge is 0.480 e. The molecule has 2 amide bonds. The predicted octanol–water partition coefficient (Wildman–Crippen LogP) is 6.83. The first-order chi connectivity index (χ1) is 28.8. The number of pyridine rings is 3. The molecule has 0 unspecified atom stereocenters. The summed E-state index contributed by atoms with van der Waals surface area (Å²) in [5, 5.41) is 8.69. The maximum atomic E-state index is 13.5. The number of amides is 2. The number of halogens is 5. The van der Waals surface area contributed by atoms with Crippen LogP contribution in [-0.4, -0.2) is 105 Å². The van der Waals surface area contributed by atoms with Crippen LogP contribution in [0.4, 0.5) is 22.0 Å². The maximum Gasteiger partial charge on any atom is 0.340 e. The molecule has 5 aromatic rings. The molecule has 4 aromatic heterocycles. The molecule has 1 aromatic carbocycles. The lowest BCUT2D eigenvalue weighted by Crippen LogP contribution is -2.39. The van der Waals surface area contributed by atoms with Crippen molar-refractivity contribution in [3.63, 3.8) is 0 Å². The van der Waals surface area contributed by atoms with Crippen LogP contribution in [0.25, 0.3) is 11.0 Å². The van der Waals surface area contributed by atoms with Gasteiger partial charge < -0.3 is 29.4 Å². The molecule has 13 nitrogen and oxygen atoms in total. The van der Waals surface area contributed by atoms with E-state index in [0.29, 0.717) is 43.1 Å². The van der Waals surface area contributed by atoms with E-state index >= 15 is 0 Å². The molecule has 3 aliphatic rings. The maximum absolute atomic E-state index is 13.5. The van der Waals surface area contributed by atoms with Crippen molar-refractivity contribution in [1.29, 1.82) is 0 Å². The molecule has 18 heteroatoms. The van der Waals surface area contributed by atoms with E-state index in [1.165, 1.54) is 44.3 Å². The predicted molar refractivity (Wildman–Crippen MR) is 207 cm³/mol. The summed E-state index contributed by atoms with van der Waals surface area (Å²) in [6.45, 7) is 4.33. The SMILES string of the molecule is C1CCOC1.COc1nc2[nH]cc(C(=O)C(=O)N3CCCC3)c2cc1C(=O)N1CCC(Cc2ccc(F)cc2)CC1.Fc1cccc(F)n1.O=C(O)c1ccc(F)nc1F. The summed E-state index contributed by atoms with van der Waals surface area (Å²) < 4.78 is 71.6. The van der Waals surface area contributed by atoms with Gasteiger partial charge in [-0.2, -0.15) is 32.5 Å². The standard InChI is InChI=1S/C27H29FN4O4.C6H3F2NO2.C5H3F2N.C4H8O/c1-36-25-21(26(34)32-12-8-18(9-13-32)14-17-4-6-19(28)7-5-17)15-20-22(16-29-24(20)30-25)23(33)27(35)31-10-2-3-11-31;7-4-2-1-3(6(10)11)5(8)9-4;6-4-2-1-3-5(7)8-4;1-2-4-5-3-1/h4-7,15-16,18H,2-3,8-14H2,1H3,(H,29,30);1-2H,(H,10,11);1-3H;1-4H2. The highest BCUT2D eigenvalue weighted by Gasteiger charge is 2.30. The molecule has 60 heavy (non-hydrogen) atoms. The number of hydrogen-bond acceptors (Lipinski definition) is 9. The number of Topliss-reactive ketones (excluding diaryl/α,β-unsaturated/α-hetero) is 1. The van der Waals surface area contributed by atoms with Crippen molar-refractivity contribution < 1.29 is 55.7 Å². The van der Waals surface area contributed by atoms with Gasteiger partial charge in [-0.15, -0.1) is 0 Å². The Morgan fingerprint density at radius 1 is 0.767 bits per heavy atom. The number of H-pyrrole nitrogens is 1. The number of hydrogen-bond donors (Lipinski definition) is 2. The first-order valence-corrected chi connectivity index (χ1v) is 19.2. The molecule has 7 heterocycles. The highest BCUT2D eigenvalue weighted by Crippen LogP contribution is 2.29. The average Bonchev–Trinajstić information content (AvgIpc) is 4.06. The van der Waals surface area contributed by atoms with Crippen molar-refractivity contribution in [2.24, 2.45) is 5.92 Å². The highest BCUT2D eigenvalue weighted by atomic mass is 19.2. The van der Waals surface area contributed by atoms with Crippen LogP contribution in [0.5, 0.6) is 5.88 Å². The molecule has 3 aliphatic heterocycles. The molecule has 2 N–H and O–H groups in total. The molecule has 0 bridgehead atoms. The number of carboxylic acid groups (broad SMARTS) is 1. The Morgan fingerprint density at radius 2 is 1.40 bits per heavy atom. The number of likely N-dealkylation sites (tertiary alicyclic amines) is 2. The molecule has 0 spiro atoms. The lowest BCUT2D eigenvalue weighted by molar-refractivity contribution is -0.125. The molecule has 0 atom stereocenters. The van der Waals surface area contributed by atoms with Crippen LogP contribution in [0.2, 0.25) is 0 Å². The second-order valence-electron chi connectivity index (χ2n) is 13.9. The second-order valence-corrected chi connectivity index (χ2v) is 13.9. The number of nitrogens with one attached hydrogen (secondary N) is 1. The first-order valence-electron chi connectivity index (χ1n) is 19.2. The van der Waals surface area contributed by atoms with Crippen LogP contribution in [0.3, 0.4) is 0 Å². The zero-order valence-electron chi connectivity index (χ0n) is 32.6. The minimum absolute atomic E-state index is 0.174. The van der Waals surface area contributed by atoms with E-state index < -0.39 is 47.0 Å². The van der Waals surface area contributed by atoms with Crippen molar-refractivity contribution in [3.05, 3.63) is 119 Å². The number of aromatic nitrogens is 4. The molecule has 8 rings (SSSR count). The number of nitrogens with zero attached hydrogens (tertiary/aromatic N) is 5. The number of fused-ring (bicyclic) bond motifs is 1. The van der Waals surface area contributed by atoms with Gasteiger partial charge in [0.2, 0.25) is 29.7 Å². The number of benzene rings is 1. The third-order valence-corrected chi connectivity index (χ3v) is 9.78. The van der Waals surface area contributed by atoms with Crippen LogP contribution in [0, 0.1) is 35.5 Å². The van der Waals surface area contributed by atoms with Gasteiger partial charge in [0, 0.05) is 51.0 Å². The van der Waals surface area contributed by atoms with Crippen molar-refractivity contribution in [3.8, 4) is 5.88 Å². The van der Waals surface area contributed by atoms with E-state index in [-0.39, 0.29) is 28.7 Å². The van der Waals surface area contributed by atoms with E-state index in [1.807, 2.05) is 12.1 Å². The van der Waals surface area contributed by atoms with Crippen LogP contribution in [0.15, 0.2) is 66.9 Å². The molecule has 3 saturated heterocycles. The smallest absolute Gasteiger partial charge is 0.340 e. The van der Waals surface area contributed by atoms with Crippen LogP contribution in [-0.2, 0) is 16.0 Å². The molecule has 318 valence electrons. The minimum atomic E-state index is -1.46. The summed E-state index contributed by atoms with van der Waals surface area (Å²) in [5.41, 5.74) is 1.32. The van der Waals surface area contributed by atoms with Crippen LogP contribution in [0.1, 0.15) is 75.2 Å². The van der Waals surface area contributed by atoms with E-state index in [2.05, 4.69) is 19.9 Å². The fourth-order valence-corrected chi connectivity index (χ4v) is 6.64. The number of carboxylic acids is 1. The Kier molecular flexibility index (Phi) is 16.1. The molecular formula is C42H43F5N6O7. The summed E-state index contributed by atoms with van der Waals surface area (Å²) in [6.07, 6.45) is 8.33. The monoisotopic (exact) mass is 838 g/mol.